The van der Waals surface area contributed by atoms with E-state index in [1.54, 1.807) is 0 Å². The number of rotatable bonds is 4. The Balaban J connectivity index is 2.27. The molecule has 0 spiro atoms. The minimum atomic E-state index is 0.374. The zero-order chi connectivity index (χ0) is 9.68. The molecule has 2 heteroatoms. The summed E-state index contributed by atoms with van der Waals surface area (Å²) in [5, 5.41) is 3.40. The van der Waals surface area contributed by atoms with Gasteiger partial charge in [-0.3, -0.25) is 0 Å². The molecule has 2 nitrogen and oxygen atoms in total. The van der Waals surface area contributed by atoms with Crippen LogP contribution >= 0.6 is 0 Å². The first-order chi connectivity index (χ1) is 6.24. The van der Waals surface area contributed by atoms with Crippen LogP contribution in [0.3, 0.4) is 0 Å². The van der Waals surface area contributed by atoms with E-state index in [-0.39, 0.29) is 0 Å². The van der Waals surface area contributed by atoms with Crippen LogP contribution in [0.15, 0.2) is 0 Å². The van der Waals surface area contributed by atoms with Gasteiger partial charge in [0.05, 0.1) is 12.7 Å². The third-order valence-corrected chi connectivity index (χ3v) is 2.92. The van der Waals surface area contributed by atoms with Crippen molar-refractivity contribution in [2.75, 3.05) is 13.7 Å². The number of hydrogen-bond donors (Lipinski definition) is 1. The lowest BCUT2D eigenvalue weighted by molar-refractivity contribution is 0.0315. The fraction of sp³-hybridized carbons (Fsp3) is 1.00. The maximum atomic E-state index is 5.67. The van der Waals surface area contributed by atoms with Crippen LogP contribution in [0.1, 0.15) is 39.5 Å². The van der Waals surface area contributed by atoms with E-state index in [4.69, 9.17) is 4.74 Å². The summed E-state index contributed by atoms with van der Waals surface area (Å²) in [4.78, 5) is 0. The first-order valence-electron chi connectivity index (χ1n) is 5.53. The summed E-state index contributed by atoms with van der Waals surface area (Å²) in [5.41, 5.74) is 0. The monoisotopic (exact) mass is 185 g/mol. The summed E-state index contributed by atoms with van der Waals surface area (Å²) in [6, 6.07) is 0.687. The average Bonchev–Trinajstić information content (AvgIpc) is 2.15. The lowest BCUT2D eigenvalue weighted by atomic mass is 9.85. The molecule has 0 aromatic carbocycles. The Bertz CT molecular complexity index is 136. The van der Waals surface area contributed by atoms with Crippen molar-refractivity contribution >= 4 is 0 Å². The molecule has 0 aromatic rings. The van der Waals surface area contributed by atoms with Gasteiger partial charge in [-0.05, 0) is 39.7 Å². The van der Waals surface area contributed by atoms with E-state index < -0.39 is 0 Å². The summed E-state index contributed by atoms with van der Waals surface area (Å²) >= 11 is 0. The molecule has 1 aliphatic carbocycles. The highest BCUT2D eigenvalue weighted by Crippen LogP contribution is 2.24. The van der Waals surface area contributed by atoms with E-state index in [2.05, 4.69) is 26.2 Å². The Kier molecular flexibility index (Phi) is 4.74. The lowest BCUT2D eigenvalue weighted by Crippen LogP contribution is -2.38. The summed E-state index contributed by atoms with van der Waals surface area (Å²) < 4.78 is 5.67. The van der Waals surface area contributed by atoms with E-state index in [0.717, 1.165) is 12.5 Å². The minimum Gasteiger partial charge on any atom is -0.378 e. The van der Waals surface area contributed by atoms with Crippen LogP contribution in [0, 0.1) is 5.92 Å². The van der Waals surface area contributed by atoms with E-state index in [1.807, 2.05) is 0 Å². The van der Waals surface area contributed by atoms with Gasteiger partial charge in [0, 0.05) is 6.04 Å². The Labute approximate surface area is 82.0 Å². The quantitative estimate of drug-likeness (QED) is 0.725. The lowest BCUT2D eigenvalue weighted by Gasteiger charge is -2.31. The molecule has 1 fully saturated rings. The van der Waals surface area contributed by atoms with Gasteiger partial charge >= 0.3 is 0 Å². The molecular formula is C11H23NO. The molecular weight excluding hydrogens is 162 g/mol. The van der Waals surface area contributed by atoms with Crippen molar-refractivity contribution < 1.29 is 4.74 Å². The third kappa shape index (κ3) is 3.65. The number of ether oxygens (including phenoxy) is 1. The summed E-state index contributed by atoms with van der Waals surface area (Å²) in [6.45, 7) is 5.15. The highest BCUT2D eigenvalue weighted by molar-refractivity contribution is 4.79. The van der Waals surface area contributed by atoms with Crippen molar-refractivity contribution in [1.29, 1.82) is 0 Å². The van der Waals surface area contributed by atoms with Crippen LogP contribution in [0.2, 0.25) is 0 Å². The van der Waals surface area contributed by atoms with Crippen molar-refractivity contribution in [2.45, 2.75) is 51.7 Å². The smallest absolute Gasteiger partial charge is 0.0519 e. The highest BCUT2D eigenvalue weighted by atomic mass is 16.5. The Hall–Kier alpha value is -0.0800. The van der Waals surface area contributed by atoms with Crippen LogP contribution in [0.5, 0.6) is 0 Å². The van der Waals surface area contributed by atoms with Gasteiger partial charge in [0.25, 0.3) is 0 Å². The minimum absolute atomic E-state index is 0.374. The third-order valence-electron chi connectivity index (χ3n) is 2.92. The predicted octanol–water partition coefficient (Wildman–Crippen LogP) is 2.19. The van der Waals surface area contributed by atoms with E-state index >= 15 is 0 Å². The molecule has 1 saturated carbocycles. The normalized spacial score (nSPS) is 29.5. The van der Waals surface area contributed by atoms with Crippen LogP contribution in [-0.4, -0.2) is 25.8 Å². The van der Waals surface area contributed by atoms with Crippen molar-refractivity contribution in [2.24, 2.45) is 5.92 Å². The van der Waals surface area contributed by atoms with Gasteiger partial charge in [-0.2, -0.15) is 0 Å². The molecule has 13 heavy (non-hydrogen) atoms. The summed E-state index contributed by atoms with van der Waals surface area (Å²) in [5.74, 6) is 0.737. The summed E-state index contributed by atoms with van der Waals surface area (Å²) in [7, 11) is 2.07. The molecule has 1 rings (SSSR count). The first-order valence-corrected chi connectivity index (χ1v) is 5.53. The van der Waals surface area contributed by atoms with Crippen LogP contribution < -0.4 is 5.32 Å². The zero-order valence-electron chi connectivity index (χ0n) is 9.18. The van der Waals surface area contributed by atoms with Crippen molar-refractivity contribution in [3.8, 4) is 0 Å². The molecule has 2 unspecified atom stereocenters. The molecule has 2 atom stereocenters. The van der Waals surface area contributed by atoms with Crippen LogP contribution in [0.4, 0.5) is 0 Å². The second-order valence-electron chi connectivity index (χ2n) is 4.32. The zero-order valence-corrected chi connectivity index (χ0v) is 9.18. The molecule has 0 heterocycles. The van der Waals surface area contributed by atoms with Gasteiger partial charge in [-0.1, -0.05) is 12.8 Å². The Morgan fingerprint density at radius 3 is 2.62 bits per heavy atom. The van der Waals surface area contributed by atoms with E-state index in [9.17, 15) is 0 Å². The average molecular weight is 185 g/mol. The van der Waals surface area contributed by atoms with Crippen LogP contribution in [-0.2, 0) is 4.74 Å². The maximum Gasteiger partial charge on any atom is 0.0519 e. The summed E-state index contributed by atoms with van der Waals surface area (Å²) in [6.07, 6.45) is 5.79. The predicted molar refractivity (Wildman–Crippen MR) is 55.9 cm³/mol. The molecule has 0 radical (unpaired) electrons. The van der Waals surface area contributed by atoms with Gasteiger partial charge in [0.1, 0.15) is 0 Å². The fourth-order valence-corrected chi connectivity index (χ4v) is 2.10. The molecule has 0 bridgehead atoms. The van der Waals surface area contributed by atoms with Gasteiger partial charge in [-0.15, -0.1) is 0 Å². The topological polar surface area (TPSA) is 21.3 Å². The Morgan fingerprint density at radius 1 is 1.31 bits per heavy atom. The number of nitrogens with one attached hydrogen (secondary N) is 1. The largest absolute Gasteiger partial charge is 0.378 e. The SMILES string of the molecule is CNC1CCCCC1COC(C)C. The Morgan fingerprint density at radius 2 is 2.00 bits per heavy atom. The number of hydrogen-bond acceptors (Lipinski definition) is 2. The van der Waals surface area contributed by atoms with E-state index in [1.165, 1.54) is 25.7 Å². The van der Waals surface area contributed by atoms with Gasteiger partial charge < -0.3 is 10.1 Å². The molecule has 0 amide bonds. The fourth-order valence-electron chi connectivity index (χ4n) is 2.10. The van der Waals surface area contributed by atoms with Gasteiger partial charge in [0.2, 0.25) is 0 Å². The second kappa shape index (κ2) is 5.61. The highest BCUT2D eigenvalue weighted by Gasteiger charge is 2.23. The van der Waals surface area contributed by atoms with Crippen molar-refractivity contribution in [1.82, 2.24) is 5.32 Å². The molecule has 1 aliphatic rings. The molecule has 0 saturated heterocycles. The molecule has 0 aromatic heterocycles. The molecule has 1 N–H and O–H groups in total. The standard InChI is InChI=1S/C11H23NO/c1-9(2)13-8-10-6-4-5-7-11(10)12-3/h9-12H,4-8H2,1-3H3. The maximum absolute atomic E-state index is 5.67. The van der Waals surface area contributed by atoms with Crippen molar-refractivity contribution in [3.63, 3.8) is 0 Å². The molecule has 78 valence electrons. The van der Waals surface area contributed by atoms with Gasteiger partial charge in [0.15, 0.2) is 0 Å². The van der Waals surface area contributed by atoms with Gasteiger partial charge in [-0.25, -0.2) is 0 Å². The van der Waals surface area contributed by atoms with Crippen molar-refractivity contribution in [3.05, 3.63) is 0 Å². The first kappa shape index (κ1) is 11.0. The van der Waals surface area contributed by atoms with Crippen LogP contribution in [0.25, 0.3) is 0 Å². The molecule has 0 aliphatic heterocycles. The second-order valence-corrected chi connectivity index (χ2v) is 4.32. The van der Waals surface area contributed by atoms with E-state index in [0.29, 0.717) is 12.1 Å².